The predicted octanol–water partition coefficient (Wildman–Crippen LogP) is 4.03. The minimum absolute atomic E-state index is 0.0414. The van der Waals surface area contributed by atoms with Crippen molar-refractivity contribution >= 4 is 18.0 Å². The second-order valence-corrected chi connectivity index (χ2v) is 8.39. The standard InChI is InChI=1S/C24H25F3N2O5/c1-14(2)21(22(32)29(11-20(30)31)13-24(25,26)27)28-23(33)34-12-19-17-9-5-3-7-15(17)16-8-4-6-10-18(16)19/h3-10,14,19,21H,11-13H2,1-2H3,(H,28,33)(H,30,31)/t21-/m1/s1. The number of alkyl halides is 3. The number of halogens is 3. The second kappa shape index (κ2) is 10.1. The van der Waals surface area contributed by atoms with E-state index in [0.29, 0.717) is 0 Å². The number of carboxylic acids is 1. The number of rotatable bonds is 8. The van der Waals surface area contributed by atoms with Crippen molar-refractivity contribution in [2.24, 2.45) is 5.92 Å². The van der Waals surface area contributed by atoms with Crippen LogP contribution in [0.1, 0.15) is 30.9 Å². The lowest BCUT2D eigenvalue weighted by molar-refractivity contribution is -0.167. The minimum Gasteiger partial charge on any atom is -0.480 e. The Bertz CT molecular complexity index is 1030. The number of carbonyl (C=O) groups excluding carboxylic acids is 2. The first-order valence-corrected chi connectivity index (χ1v) is 10.7. The van der Waals surface area contributed by atoms with E-state index in [1.54, 1.807) is 0 Å². The van der Waals surface area contributed by atoms with Gasteiger partial charge in [0.1, 0.15) is 25.7 Å². The molecule has 0 unspecified atom stereocenters. The van der Waals surface area contributed by atoms with Gasteiger partial charge in [0.2, 0.25) is 5.91 Å². The summed E-state index contributed by atoms with van der Waals surface area (Å²) in [5, 5.41) is 11.2. The zero-order chi connectivity index (χ0) is 25.0. The number of carbonyl (C=O) groups is 3. The Morgan fingerprint density at radius 3 is 2.03 bits per heavy atom. The van der Waals surface area contributed by atoms with Crippen LogP contribution < -0.4 is 5.32 Å². The summed E-state index contributed by atoms with van der Waals surface area (Å²) in [6.07, 6.45) is -5.77. The molecule has 34 heavy (non-hydrogen) atoms. The fraction of sp³-hybridized carbons (Fsp3) is 0.375. The van der Waals surface area contributed by atoms with E-state index in [1.165, 1.54) is 13.8 Å². The lowest BCUT2D eigenvalue weighted by atomic mass is 9.98. The molecule has 0 radical (unpaired) electrons. The minimum atomic E-state index is -4.80. The summed E-state index contributed by atoms with van der Waals surface area (Å²) in [4.78, 5) is 36.4. The summed E-state index contributed by atoms with van der Waals surface area (Å²) in [5.74, 6) is -3.60. The molecule has 2 aromatic rings. The molecule has 0 saturated carbocycles. The Kier molecular flexibility index (Phi) is 7.48. The molecule has 2 amide bonds. The first kappa shape index (κ1) is 25.1. The van der Waals surface area contributed by atoms with E-state index < -0.39 is 49.2 Å². The number of hydrogen-bond donors (Lipinski definition) is 2. The molecule has 1 aliphatic rings. The number of ether oxygens (including phenoxy) is 1. The van der Waals surface area contributed by atoms with E-state index in [0.717, 1.165) is 22.3 Å². The van der Waals surface area contributed by atoms with Crippen LogP contribution in [0.4, 0.5) is 18.0 Å². The molecule has 1 aliphatic carbocycles. The van der Waals surface area contributed by atoms with Crippen molar-refractivity contribution in [2.45, 2.75) is 32.0 Å². The van der Waals surface area contributed by atoms with Crippen LogP contribution in [0.5, 0.6) is 0 Å². The smallest absolute Gasteiger partial charge is 0.407 e. The van der Waals surface area contributed by atoms with Gasteiger partial charge in [0.15, 0.2) is 0 Å². The van der Waals surface area contributed by atoms with Gasteiger partial charge in [0.25, 0.3) is 0 Å². The molecular formula is C24H25F3N2O5. The van der Waals surface area contributed by atoms with Crippen LogP contribution in [0, 0.1) is 5.92 Å². The van der Waals surface area contributed by atoms with Crippen LogP contribution in [0.3, 0.4) is 0 Å². The Balaban J connectivity index is 1.71. The van der Waals surface area contributed by atoms with Crippen LogP contribution in [0.15, 0.2) is 48.5 Å². The molecule has 182 valence electrons. The number of amides is 2. The van der Waals surface area contributed by atoms with Gasteiger partial charge in [0, 0.05) is 5.92 Å². The maximum atomic E-state index is 12.9. The van der Waals surface area contributed by atoms with Crippen molar-refractivity contribution in [1.82, 2.24) is 10.2 Å². The highest BCUT2D eigenvalue weighted by molar-refractivity contribution is 5.88. The lowest BCUT2D eigenvalue weighted by Crippen LogP contribution is -2.54. The first-order chi connectivity index (χ1) is 16.0. The third-order valence-electron chi connectivity index (χ3n) is 5.56. The zero-order valence-corrected chi connectivity index (χ0v) is 18.6. The van der Waals surface area contributed by atoms with E-state index in [2.05, 4.69) is 5.32 Å². The quantitative estimate of drug-likeness (QED) is 0.598. The molecule has 3 rings (SSSR count). The highest BCUT2D eigenvalue weighted by atomic mass is 19.4. The van der Waals surface area contributed by atoms with E-state index in [-0.39, 0.29) is 17.4 Å². The molecule has 7 nitrogen and oxygen atoms in total. The molecular weight excluding hydrogens is 453 g/mol. The Hall–Kier alpha value is -3.56. The third kappa shape index (κ3) is 5.86. The molecule has 0 fully saturated rings. The molecule has 2 N–H and O–H groups in total. The van der Waals surface area contributed by atoms with Crippen molar-refractivity contribution in [1.29, 1.82) is 0 Å². The maximum absolute atomic E-state index is 12.9. The van der Waals surface area contributed by atoms with Crippen LogP contribution in [0.25, 0.3) is 11.1 Å². The summed E-state index contributed by atoms with van der Waals surface area (Å²) in [7, 11) is 0. The van der Waals surface area contributed by atoms with Gasteiger partial charge in [-0.1, -0.05) is 62.4 Å². The summed E-state index contributed by atoms with van der Waals surface area (Å²) in [6, 6.07) is 14.0. The summed E-state index contributed by atoms with van der Waals surface area (Å²) < 4.78 is 44.0. The topological polar surface area (TPSA) is 95.9 Å². The largest absolute Gasteiger partial charge is 0.480 e. The van der Waals surface area contributed by atoms with Gasteiger partial charge in [-0.3, -0.25) is 9.59 Å². The fourth-order valence-corrected chi connectivity index (χ4v) is 4.07. The van der Waals surface area contributed by atoms with Crippen molar-refractivity contribution in [3.8, 4) is 11.1 Å². The molecule has 0 heterocycles. The van der Waals surface area contributed by atoms with Gasteiger partial charge < -0.3 is 20.1 Å². The van der Waals surface area contributed by atoms with Gasteiger partial charge in [-0.2, -0.15) is 13.2 Å². The molecule has 0 aromatic heterocycles. The maximum Gasteiger partial charge on any atom is 0.407 e. The van der Waals surface area contributed by atoms with Crippen molar-refractivity contribution < 1.29 is 37.4 Å². The number of nitrogens with one attached hydrogen (secondary N) is 1. The van der Waals surface area contributed by atoms with Gasteiger partial charge in [-0.15, -0.1) is 0 Å². The number of carboxylic acid groups (broad SMARTS) is 1. The van der Waals surface area contributed by atoms with Gasteiger partial charge in [-0.25, -0.2) is 4.79 Å². The molecule has 0 bridgehead atoms. The number of fused-ring (bicyclic) bond motifs is 3. The van der Waals surface area contributed by atoms with Crippen LogP contribution in [0.2, 0.25) is 0 Å². The third-order valence-corrected chi connectivity index (χ3v) is 5.56. The average Bonchev–Trinajstić information content (AvgIpc) is 3.07. The van der Waals surface area contributed by atoms with Gasteiger partial charge in [-0.05, 0) is 28.2 Å². The van der Waals surface area contributed by atoms with E-state index in [4.69, 9.17) is 9.84 Å². The summed E-state index contributed by atoms with van der Waals surface area (Å²) in [6.45, 7) is 0.125. The molecule has 10 heteroatoms. The predicted molar refractivity (Wildman–Crippen MR) is 117 cm³/mol. The Morgan fingerprint density at radius 2 is 1.56 bits per heavy atom. The molecule has 1 atom stereocenters. The number of benzene rings is 2. The van der Waals surface area contributed by atoms with E-state index in [9.17, 15) is 27.6 Å². The van der Waals surface area contributed by atoms with E-state index >= 15 is 0 Å². The normalized spacial score (nSPS) is 13.7. The SMILES string of the molecule is CC(C)[C@@H](NC(=O)OCC1c2ccccc2-c2ccccc21)C(=O)N(CC(=O)O)CC(F)(F)F. The number of aliphatic carboxylic acids is 1. The van der Waals surface area contributed by atoms with Gasteiger partial charge >= 0.3 is 18.2 Å². The van der Waals surface area contributed by atoms with Gasteiger partial charge in [0.05, 0.1) is 0 Å². The summed E-state index contributed by atoms with van der Waals surface area (Å²) >= 11 is 0. The summed E-state index contributed by atoms with van der Waals surface area (Å²) in [5.41, 5.74) is 4.01. The molecule has 2 aromatic carbocycles. The van der Waals surface area contributed by atoms with Crippen molar-refractivity contribution in [3.63, 3.8) is 0 Å². The molecule has 0 spiro atoms. The highest BCUT2D eigenvalue weighted by Crippen LogP contribution is 2.44. The van der Waals surface area contributed by atoms with E-state index in [1.807, 2.05) is 48.5 Å². The van der Waals surface area contributed by atoms with Crippen LogP contribution in [-0.2, 0) is 14.3 Å². The second-order valence-electron chi connectivity index (χ2n) is 8.39. The fourth-order valence-electron chi connectivity index (χ4n) is 4.07. The Morgan fingerprint density at radius 1 is 1.03 bits per heavy atom. The van der Waals surface area contributed by atoms with Crippen LogP contribution >= 0.6 is 0 Å². The first-order valence-electron chi connectivity index (χ1n) is 10.7. The van der Waals surface area contributed by atoms with Crippen LogP contribution in [-0.4, -0.2) is 59.9 Å². The molecule has 0 saturated heterocycles. The van der Waals surface area contributed by atoms with Crippen molar-refractivity contribution in [3.05, 3.63) is 59.7 Å². The number of nitrogens with zero attached hydrogens (tertiary/aromatic N) is 1. The lowest BCUT2D eigenvalue weighted by Gasteiger charge is -2.29. The highest BCUT2D eigenvalue weighted by Gasteiger charge is 2.38. The number of hydrogen-bond acceptors (Lipinski definition) is 4. The zero-order valence-electron chi connectivity index (χ0n) is 18.6. The molecule has 0 aliphatic heterocycles. The van der Waals surface area contributed by atoms with Crippen molar-refractivity contribution in [2.75, 3.05) is 19.7 Å². The monoisotopic (exact) mass is 478 g/mol. The average molecular weight is 478 g/mol. The number of alkyl carbamates (subject to hydrolysis) is 1. The Labute approximate surface area is 194 Å².